The first-order valence-electron chi connectivity index (χ1n) is 7.10. The van der Waals surface area contributed by atoms with E-state index in [9.17, 15) is 0 Å². The molecule has 1 rings (SSSR count). The lowest BCUT2D eigenvalue weighted by molar-refractivity contribution is 0.409. The molecule has 0 aliphatic heterocycles. The van der Waals surface area contributed by atoms with Crippen molar-refractivity contribution >= 4 is 0 Å². The van der Waals surface area contributed by atoms with Crippen molar-refractivity contribution in [1.82, 2.24) is 5.32 Å². The largest absolute Gasteiger partial charge is 0.314 e. The van der Waals surface area contributed by atoms with E-state index in [1.165, 1.54) is 64.3 Å². The van der Waals surface area contributed by atoms with Gasteiger partial charge in [-0.05, 0) is 38.1 Å². The molecule has 2 unspecified atom stereocenters. The Morgan fingerprint density at radius 1 is 1.00 bits per heavy atom. The summed E-state index contributed by atoms with van der Waals surface area (Å²) in [5.74, 6) is 1.04. The van der Waals surface area contributed by atoms with E-state index in [1.807, 2.05) is 0 Å². The highest BCUT2D eigenvalue weighted by atomic mass is 14.9. The van der Waals surface area contributed by atoms with E-state index >= 15 is 0 Å². The first-order chi connectivity index (χ1) is 7.36. The average Bonchev–Trinajstić information content (AvgIpc) is 2.45. The summed E-state index contributed by atoms with van der Waals surface area (Å²) in [6.45, 7) is 5.83. The van der Waals surface area contributed by atoms with E-state index in [0.717, 1.165) is 12.0 Å². The molecular weight excluding hydrogens is 182 g/mol. The molecule has 1 nitrogen and oxygen atoms in total. The van der Waals surface area contributed by atoms with Crippen LogP contribution in [0.1, 0.15) is 71.6 Å². The molecule has 1 fully saturated rings. The maximum absolute atomic E-state index is 3.73. The van der Waals surface area contributed by atoms with Gasteiger partial charge < -0.3 is 5.32 Å². The van der Waals surface area contributed by atoms with Gasteiger partial charge >= 0.3 is 0 Å². The van der Waals surface area contributed by atoms with Crippen molar-refractivity contribution in [2.45, 2.75) is 77.7 Å². The van der Waals surface area contributed by atoms with Crippen LogP contribution in [0.5, 0.6) is 0 Å². The van der Waals surface area contributed by atoms with Gasteiger partial charge in [-0.2, -0.15) is 0 Å². The molecule has 0 saturated heterocycles. The van der Waals surface area contributed by atoms with Crippen molar-refractivity contribution in [3.8, 4) is 0 Å². The van der Waals surface area contributed by atoms with Gasteiger partial charge in [-0.3, -0.25) is 0 Å². The van der Waals surface area contributed by atoms with Crippen molar-refractivity contribution in [3.05, 3.63) is 0 Å². The Kier molecular flexibility index (Phi) is 7.08. The third kappa shape index (κ3) is 5.55. The molecule has 1 N–H and O–H groups in total. The van der Waals surface area contributed by atoms with Crippen LogP contribution in [0.25, 0.3) is 0 Å². The Morgan fingerprint density at radius 2 is 1.87 bits per heavy atom. The lowest BCUT2D eigenvalue weighted by atomic mass is 9.95. The molecule has 2 atom stereocenters. The van der Waals surface area contributed by atoms with Crippen LogP contribution in [0, 0.1) is 5.92 Å². The predicted octanol–water partition coefficient (Wildman–Crippen LogP) is 4.13. The lowest BCUT2D eigenvalue weighted by Gasteiger charge is -2.16. The van der Waals surface area contributed by atoms with Gasteiger partial charge in [-0.25, -0.2) is 0 Å². The van der Waals surface area contributed by atoms with Crippen LogP contribution in [-0.4, -0.2) is 12.6 Å². The fourth-order valence-corrected chi connectivity index (χ4v) is 2.76. The van der Waals surface area contributed by atoms with Crippen molar-refractivity contribution in [1.29, 1.82) is 0 Å². The summed E-state index contributed by atoms with van der Waals surface area (Å²) in [4.78, 5) is 0. The van der Waals surface area contributed by atoms with Gasteiger partial charge in [-0.15, -0.1) is 0 Å². The molecule has 15 heavy (non-hydrogen) atoms. The van der Waals surface area contributed by atoms with Crippen molar-refractivity contribution in [3.63, 3.8) is 0 Å². The Morgan fingerprint density at radius 3 is 2.60 bits per heavy atom. The van der Waals surface area contributed by atoms with Crippen LogP contribution in [0.15, 0.2) is 0 Å². The Labute approximate surface area is 96.0 Å². The zero-order chi connectivity index (χ0) is 10.9. The topological polar surface area (TPSA) is 12.0 Å². The van der Waals surface area contributed by atoms with E-state index in [0.29, 0.717) is 0 Å². The summed E-state index contributed by atoms with van der Waals surface area (Å²) in [5, 5.41) is 3.73. The molecule has 0 aromatic rings. The fourth-order valence-electron chi connectivity index (χ4n) is 2.76. The highest BCUT2D eigenvalue weighted by Gasteiger charge is 2.17. The number of hydrogen-bond donors (Lipinski definition) is 1. The third-order valence-corrected chi connectivity index (χ3v) is 3.75. The molecule has 90 valence electrons. The van der Waals surface area contributed by atoms with Gasteiger partial charge in [0.2, 0.25) is 0 Å². The molecule has 1 heteroatoms. The summed E-state index contributed by atoms with van der Waals surface area (Å²) < 4.78 is 0. The Hall–Kier alpha value is -0.0400. The summed E-state index contributed by atoms with van der Waals surface area (Å²) in [7, 11) is 0. The Balaban J connectivity index is 2.14. The molecule has 1 aliphatic carbocycles. The normalized spacial score (nSPS) is 27.6. The second-order valence-electron chi connectivity index (χ2n) is 5.17. The van der Waals surface area contributed by atoms with E-state index in [1.54, 1.807) is 0 Å². The second kappa shape index (κ2) is 8.15. The fraction of sp³-hybridized carbons (Fsp3) is 1.00. The summed E-state index contributed by atoms with van der Waals surface area (Å²) in [5.41, 5.74) is 0. The zero-order valence-corrected chi connectivity index (χ0v) is 10.7. The number of rotatable bonds is 6. The monoisotopic (exact) mass is 211 g/mol. The predicted molar refractivity (Wildman–Crippen MR) is 68.2 cm³/mol. The quantitative estimate of drug-likeness (QED) is 0.514. The van der Waals surface area contributed by atoms with Gasteiger partial charge in [0.15, 0.2) is 0 Å². The van der Waals surface area contributed by atoms with Gasteiger partial charge in [-0.1, -0.05) is 46.0 Å². The molecule has 0 aromatic heterocycles. The van der Waals surface area contributed by atoms with Crippen molar-refractivity contribution in [2.75, 3.05) is 6.54 Å². The second-order valence-corrected chi connectivity index (χ2v) is 5.17. The number of nitrogens with one attached hydrogen (secondary N) is 1. The molecule has 0 amide bonds. The molecule has 0 spiro atoms. The van der Waals surface area contributed by atoms with Crippen LogP contribution in [0.3, 0.4) is 0 Å². The lowest BCUT2D eigenvalue weighted by Crippen LogP contribution is -2.29. The van der Waals surface area contributed by atoms with Crippen LogP contribution in [0.2, 0.25) is 0 Å². The first kappa shape index (κ1) is 13.0. The summed E-state index contributed by atoms with van der Waals surface area (Å²) in [6.07, 6.45) is 12.7. The average molecular weight is 211 g/mol. The van der Waals surface area contributed by atoms with Crippen molar-refractivity contribution < 1.29 is 0 Å². The van der Waals surface area contributed by atoms with E-state index in [4.69, 9.17) is 0 Å². The molecule has 0 heterocycles. The standard InChI is InChI=1S/C14H29N/c1-3-5-12-15-14-9-6-8-13(7-4-2)10-11-14/h13-15H,3-12H2,1-2H3. The highest BCUT2D eigenvalue weighted by molar-refractivity contribution is 4.74. The molecule has 1 aliphatic rings. The van der Waals surface area contributed by atoms with E-state index in [2.05, 4.69) is 19.2 Å². The van der Waals surface area contributed by atoms with Crippen LogP contribution in [-0.2, 0) is 0 Å². The molecular formula is C14H29N. The number of hydrogen-bond acceptors (Lipinski definition) is 1. The van der Waals surface area contributed by atoms with Crippen LogP contribution in [0.4, 0.5) is 0 Å². The highest BCUT2D eigenvalue weighted by Crippen LogP contribution is 2.26. The molecule has 1 saturated carbocycles. The molecule has 0 aromatic carbocycles. The minimum absolute atomic E-state index is 0.832. The molecule has 0 bridgehead atoms. The van der Waals surface area contributed by atoms with Gasteiger partial charge in [0.05, 0.1) is 0 Å². The van der Waals surface area contributed by atoms with Crippen LogP contribution >= 0.6 is 0 Å². The minimum atomic E-state index is 0.832. The zero-order valence-electron chi connectivity index (χ0n) is 10.7. The van der Waals surface area contributed by atoms with Gasteiger partial charge in [0, 0.05) is 6.04 Å². The maximum Gasteiger partial charge on any atom is 0.00671 e. The smallest absolute Gasteiger partial charge is 0.00671 e. The SMILES string of the molecule is CCCCNC1CCCC(CCC)CC1. The number of unbranched alkanes of at least 4 members (excludes halogenated alkanes) is 1. The van der Waals surface area contributed by atoms with Gasteiger partial charge in [0.1, 0.15) is 0 Å². The minimum Gasteiger partial charge on any atom is -0.314 e. The molecule has 0 radical (unpaired) electrons. The summed E-state index contributed by atoms with van der Waals surface area (Å²) >= 11 is 0. The summed E-state index contributed by atoms with van der Waals surface area (Å²) in [6, 6.07) is 0.832. The maximum atomic E-state index is 3.73. The van der Waals surface area contributed by atoms with Crippen LogP contribution < -0.4 is 5.32 Å². The third-order valence-electron chi connectivity index (χ3n) is 3.75. The van der Waals surface area contributed by atoms with Crippen molar-refractivity contribution in [2.24, 2.45) is 5.92 Å². The van der Waals surface area contributed by atoms with E-state index < -0.39 is 0 Å². The first-order valence-corrected chi connectivity index (χ1v) is 7.10. The van der Waals surface area contributed by atoms with E-state index in [-0.39, 0.29) is 0 Å². The Bertz CT molecular complexity index is 144. The van der Waals surface area contributed by atoms with Gasteiger partial charge in [0.25, 0.3) is 0 Å².